The van der Waals surface area contributed by atoms with Gasteiger partial charge in [0.15, 0.2) is 5.78 Å². The summed E-state index contributed by atoms with van der Waals surface area (Å²) in [6, 6.07) is 18.4. The summed E-state index contributed by atoms with van der Waals surface area (Å²) < 4.78 is 10.9. The molecule has 0 spiro atoms. The van der Waals surface area contributed by atoms with Gasteiger partial charge in [-0.3, -0.25) is 9.78 Å². The van der Waals surface area contributed by atoms with Crippen LogP contribution in [-0.4, -0.2) is 70.1 Å². The third-order valence-corrected chi connectivity index (χ3v) is 10.8. The van der Waals surface area contributed by atoms with Gasteiger partial charge >= 0.3 is 18.2 Å². The lowest BCUT2D eigenvalue weighted by atomic mass is 9.86. The van der Waals surface area contributed by atoms with Crippen molar-refractivity contribution in [3.8, 4) is 0 Å². The number of alkyl carbamates (subject to hydrolysis) is 2. The van der Waals surface area contributed by atoms with E-state index in [4.69, 9.17) is 9.47 Å². The van der Waals surface area contributed by atoms with Gasteiger partial charge < -0.3 is 30.3 Å². The van der Waals surface area contributed by atoms with Gasteiger partial charge in [0.1, 0.15) is 12.2 Å². The van der Waals surface area contributed by atoms with Crippen molar-refractivity contribution in [2.75, 3.05) is 13.6 Å². The Morgan fingerprint density at radius 3 is 2.12 bits per heavy atom. The molecule has 14 heteroatoms. The van der Waals surface area contributed by atoms with E-state index in [1.807, 2.05) is 66.0 Å². The fourth-order valence-electron chi connectivity index (χ4n) is 6.05. The Morgan fingerprint density at radius 2 is 1.53 bits per heavy atom. The lowest BCUT2D eigenvalue weighted by molar-refractivity contribution is -0.122. The molecule has 0 aliphatic heterocycles. The number of carbonyl (C=O) groups excluding carboxylic acids is 4. The minimum absolute atomic E-state index is 0. The van der Waals surface area contributed by atoms with Crippen LogP contribution in [0.25, 0.3) is 0 Å². The molecule has 0 saturated carbocycles. The third-order valence-electron chi connectivity index (χ3n) is 8.85. The highest BCUT2D eigenvalue weighted by molar-refractivity contribution is 7.09. The van der Waals surface area contributed by atoms with Crippen molar-refractivity contribution >= 4 is 46.7 Å². The predicted molar refractivity (Wildman–Crippen MR) is 227 cm³/mol. The number of ketones is 1. The lowest BCUT2D eigenvalue weighted by Gasteiger charge is -2.26. The Hall–Kier alpha value is -4.82. The first-order chi connectivity index (χ1) is 26.7. The van der Waals surface area contributed by atoms with E-state index in [9.17, 15) is 19.2 Å². The summed E-state index contributed by atoms with van der Waals surface area (Å²) in [7, 11) is 1.67. The van der Waals surface area contributed by atoms with Crippen LogP contribution in [0.1, 0.15) is 100 Å². The van der Waals surface area contributed by atoms with E-state index in [-0.39, 0.29) is 63.6 Å². The molecule has 4 amide bonds. The number of benzene rings is 2. The third kappa shape index (κ3) is 17.5. The summed E-state index contributed by atoms with van der Waals surface area (Å²) in [5, 5.41) is 11.7. The Bertz CT molecular complexity index is 1800. The van der Waals surface area contributed by atoms with Crippen molar-refractivity contribution in [1.29, 1.82) is 0 Å². The minimum atomic E-state index is -0.875. The summed E-state index contributed by atoms with van der Waals surface area (Å²) in [6.45, 7) is 10.0. The molecular weight excluding hydrogens is 761 g/mol. The molecule has 4 rings (SSSR count). The number of Topliss-reactive ketones (excluding diaryl/α,β-unsaturated/α-hetero) is 1. The van der Waals surface area contributed by atoms with Crippen LogP contribution in [0.3, 0.4) is 0 Å². The number of hydrogen-bond acceptors (Lipinski definition) is 10. The Morgan fingerprint density at radius 1 is 0.860 bits per heavy atom. The van der Waals surface area contributed by atoms with Crippen molar-refractivity contribution in [1.82, 2.24) is 30.8 Å². The van der Waals surface area contributed by atoms with Crippen LogP contribution in [0.5, 0.6) is 0 Å². The number of rotatable bonds is 20. The van der Waals surface area contributed by atoms with E-state index in [0.29, 0.717) is 25.7 Å². The Labute approximate surface area is 346 Å². The van der Waals surface area contributed by atoms with Crippen molar-refractivity contribution in [2.45, 2.75) is 117 Å². The zero-order valence-electron chi connectivity index (χ0n) is 33.3. The monoisotopic (exact) mass is 820 g/mol. The first kappa shape index (κ1) is 46.6. The summed E-state index contributed by atoms with van der Waals surface area (Å²) in [5.41, 5.74) is 3.94. The normalized spacial score (nSPS) is 12.8. The fraction of sp³-hybridized carbons (Fsp3) is 0.488. The molecule has 0 radical (unpaired) electrons. The molecule has 57 heavy (non-hydrogen) atoms. The average Bonchev–Trinajstić information content (AvgIpc) is 3.85. The molecule has 3 N–H and O–H groups in total. The molecule has 2 aromatic carbocycles. The van der Waals surface area contributed by atoms with Gasteiger partial charge in [-0.1, -0.05) is 81.9 Å². The molecule has 2 heterocycles. The van der Waals surface area contributed by atoms with Crippen LogP contribution < -0.4 is 16.0 Å². The second-order valence-corrected chi connectivity index (χ2v) is 17.1. The van der Waals surface area contributed by atoms with Crippen molar-refractivity contribution in [2.24, 2.45) is 5.92 Å². The van der Waals surface area contributed by atoms with Crippen LogP contribution >= 0.6 is 22.7 Å². The number of carbonyl (C=O) groups is 4. The molecule has 0 aliphatic carbocycles. The van der Waals surface area contributed by atoms with Gasteiger partial charge in [-0.15, -0.1) is 22.7 Å². The van der Waals surface area contributed by atoms with Gasteiger partial charge in [-0.25, -0.2) is 19.4 Å². The summed E-state index contributed by atoms with van der Waals surface area (Å²) in [4.78, 5) is 64.3. The van der Waals surface area contributed by atoms with Crippen molar-refractivity contribution < 1.29 is 28.7 Å². The topological polar surface area (TPSA) is 152 Å². The number of urea groups is 1. The van der Waals surface area contributed by atoms with Gasteiger partial charge in [0.25, 0.3) is 0 Å². The molecule has 0 saturated heterocycles. The number of nitrogens with one attached hydrogen (secondary N) is 3. The molecule has 3 atom stereocenters. The Kier molecular flexibility index (Phi) is 19.1. The minimum Gasteiger partial charge on any atom is -0.444 e. The van der Waals surface area contributed by atoms with E-state index < -0.39 is 29.9 Å². The quantitative estimate of drug-likeness (QED) is 0.0800. The van der Waals surface area contributed by atoms with E-state index in [2.05, 4.69) is 39.8 Å². The average molecular weight is 821 g/mol. The first-order valence-corrected chi connectivity index (χ1v) is 20.8. The van der Waals surface area contributed by atoms with Crippen molar-refractivity contribution in [3.05, 3.63) is 104 Å². The fourth-order valence-corrected chi connectivity index (χ4v) is 7.38. The molecule has 0 bridgehead atoms. The highest BCUT2D eigenvalue weighted by Gasteiger charge is 2.27. The summed E-state index contributed by atoms with van der Waals surface area (Å²) >= 11 is 2.98. The van der Waals surface area contributed by atoms with Crippen LogP contribution in [0, 0.1) is 5.92 Å². The second-order valence-electron chi connectivity index (χ2n) is 15.3. The Balaban J connectivity index is 0.00000870. The maximum absolute atomic E-state index is 14.3. The highest BCUT2D eigenvalue weighted by Crippen LogP contribution is 2.23. The van der Waals surface area contributed by atoms with E-state index in [0.717, 1.165) is 26.7 Å². The SMILES string of the molecule is C.CC(C)c1nc(CN(C)C(=O)NC(CCNC(=O)OC(C)(C)C)C(=O)CC(CCC(Cc2ccccc2)NC(=O)OCc2cncs2)Cc2ccccc2)cs1. The maximum Gasteiger partial charge on any atom is 0.407 e. The molecule has 12 nitrogen and oxygen atoms in total. The van der Waals surface area contributed by atoms with Gasteiger partial charge in [-0.05, 0) is 69.9 Å². The number of nitrogens with zero attached hydrogens (tertiary/aromatic N) is 3. The number of thiazole rings is 2. The first-order valence-electron chi connectivity index (χ1n) is 19.1. The summed E-state index contributed by atoms with van der Waals surface area (Å²) in [5.74, 6) is 0.0214. The van der Waals surface area contributed by atoms with Gasteiger partial charge in [0, 0.05) is 43.5 Å². The second kappa shape index (κ2) is 23.4. The molecule has 0 aliphatic rings. The van der Waals surface area contributed by atoms with Crippen LogP contribution in [0.15, 0.2) is 77.8 Å². The van der Waals surface area contributed by atoms with Crippen LogP contribution in [0.2, 0.25) is 0 Å². The highest BCUT2D eigenvalue weighted by atomic mass is 32.1. The number of ether oxygens (including phenoxy) is 2. The van der Waals surface area contributed by atoms with Crippen LogP contribution in [0.4, 0.5) is 14.4 Å². The van der Waals surface area contributed by atoms with Gasteiger partial charge in [-0.2, -0.15) is 0 Å². The zero-order chi connectivity index (χ0) is 40.5. The molecule has 0 fully saturated rings. The van der Waals surface area contributed by atoms with Gasteiger partial charge in [0.05, 0.1) is 33.7 Å². The van der Waals surface area contributed by atoms with Gasteiger partial charge in [0.2, 0.25) is 0 Å². The molecule has 310 valence electrons. The number of aromatic nitrogens is 2. The van der Waals surface area contributed by atoms with E-state index in [1.54, 1.807) is 50.9 Å². The number of hydrogen-bond donors (Lipinski definition) is 3. The van der Waals surface area contributed by atoms with Crippen molar-refractivity contribution in [3.63, 3.8) is 0 Å². The number of amides is 4. The lowest BCUT2D eigenvalue weighted by Crippen LogP contribution is -2.48. The molecular formula is C43H60N6O6S2. The largest absolute Gasteiger partial charge is 0.444 e. The smallest absolute Gasteiger partial charge is 0.407 e. The van der Waals surface area contributed by atoms with E-state index >= 15 is 0 Å². The standard InChI is InChI=1S/C42H56N6O6S2.CH4/c1-29(2)38-45-34(27-55-38)25-48(6)39(50)47-36(19-20-44-40(51)54-42(3,4)5)37(49)23-32(21-30-13-9-7-10-14-30)17-18-33(22-31-15-11-8-12-16-31)46-41(52)53-26-35-24-43-28-56-35;/h7-16,24,27-29,32-33,36H,17-23,25-26H2,1-6H3,(H,44,51)(H,46,52)(H,47,50);1H4. The molecule has 3 unspecified atom stereocenters. The van der Waals surface area contributed by atoms with E-state index in [1.165, 1.54) is 16.2 Å². The molecule has 4 aromatic rings. The zero-order valence-corrected chi connectivity index (χ0v) is 34.9. The van der Waals surface area contributed by atoms with Crippen LogP contribution in [-0.2, 0) is 40.3 Å². The maximum atomic E-state index is 14.3. The predicted octanol–water partition coefficient (Wildman–Crippen LogP) is 8.92. The summed E-state index contributed by atoms with van der Waals surface area (Å²) in [6.07, 6.45) is 3.32. The molecule has 2 aromatic heterocycles.